The number of hydrogen-bond acceptors (Lipinski definition) is 5. The summed E-state index contributed by atoms with van der Waals surface area (Å²) < 4.78 is 19.8. The smallest absolute Gasteiger partial charge is 0.407 e. The number of ether oxygens (including phenoxy) is 1. The summed E-state index contributed by atoms with van der Waals surface area (Å²) in [4.78, 5) is 12.9. The minimum absolute atomic E-state index is 0.213. The molecule has 1 saturated heterocycles. The maximum Gasteiger partial charge on any atom is 0.407 e. The van der Waals surface area contributed by atoms with E-state index in [2.05, 4.69) is 92.7 Å². The molecule has 3 aromatic carbocycles. The largest absolute Gasteiger partial charge is 0.493 e. The molecule has 0 bridgehead atoms. The van der Waals surface area contributed by atoms with Crippen molar-refractivity contribution >= 4 is 36.5 Å². The normalized spacial score (nSPS) is 16.9. The van der Waals surface area contributed by atoms with Gasteiger partial charge in [0.2, 0.25) is 9.04 Å². The maximum absolute atomic E-state index is 11.3. The Morgan fingerprint density at radius 1 is 0.977 bits per heavy atom. The summed E-state index contributed by atoms with van der Waals surface area (Å²) in [7, 11) is -2.07. The highest BCUT2D eigenvalue weighted by atomic mass is 28.3. The number of aryl methyl sites for hydroxylation is 1. The van der Waals surface area contributed by atoms with E-state index in [4.69, 9.17) is 13.7 Å². The summed E-state index contributed by atoms with van der Waals surface area (Å²) in [5.74, 6) is 1.91. The van der Waals surface area contributed by atoms with Crippen molar-refractivity contribution in [2.75, 3.05) is 19.7 Å². The van der Waals surface area contributed by atoms with E-state index in [0.29, 0.717) is 31.5 Å². The van der Waals surface area contributed by atoms with Gasteiger partial charge < -0.3 is 23.7 Å². The number of carboxylic acid groups (broad SMARTS) is 1. The number of nitrogens with zero attached hydrogens (tertiary/aromatic N) is 2. The minimum atomic E-state index is -2.07. The minimum Gasteiger partial charge on any atom is -0.493 e. The lowest BCUT2D eigenvalue weighted by Crippen LogP contribution is -2.47. The number of likely N-dealkylation sites (tertiary alicyclic amines) is 1. The second-order valence-electron chi connectivity index (χ2n) is 13.6. The molecular weight excluding hydrogens is 568 g/mol. The molecule has 1 unspecified atom stereocenters. The average Bonchev–Trinajstić information content (AvgIpc) is 3.78. The fourth-order valence-electron chi connectivity index (χ4n) is 6.27. The molecule has 8 heteroatoms. The number of hydrogen-bond donors (Lipinski definition) is 1. The quantitative estimate of drug-likeness (QED) is 0.193. The molecule has 1 aliphatic carbocycles. The zero-order chi connectivity index (χ0) is 30.7. The van der Waals surface area contributed by atoms with Gasteiger partial charge in [-0.25, -0.2) is 4.79 Å². The number of benzene rings is 3. The van der Waals surface area contributed by atoms with Crippen LogP contribution in [0.1, 0.15) is 70.2 Å². The Hall–Kier alpha value is -3.62. The van der Waals surface area contributed by atoms with Crippen LogP contribution in [0, 0.1) is 17.3 Å². The Morgan fingerprint density at radius 3 is 2.18 bits per heavy atom. The summed E-state index contributed by atoms with van der Waals surface area (Å²) in [5.41, 5.74) is 2.52. The first-order valence-electron chi connectivity index (χ1n) is 16.0. The van der Waals surface area contributed by atoms with Crippen molar-refractivity contribution in [1.82, 2.24) is 10.1 Å². The summed E-state index contributed by atoms with van der Waals surface area (Å²) >= 11 is 0. The number of carbonyl (C=O) groups is 1. The monoisotopic (exact) mass is 612 g/mol. The molecule has 7 nitrogen and oxygen atoms in total. The maximum atomic E-state index is 11.3. The first-order chi connectivity index (χ1) is 21.3. The number of amides is 1. The summed E-state index contributed by atoms with van der Waals surface area (Å²) in [6, 6.07) is 25.5. The first kappa shape index (κ1) is 30.4. The second kappa shape index (κ2) is 13.2. The van der Waals surface area contributed by atoms with Gasteiger partial charge in [0.25, 0.3) is 0 Å². The van der Waals surface area contributed by atoms with Crippen LogP contribution in [-0.4, -0.2) is 50.0 Å². The fourth-order valence-corrected chi connectivity index (χ4v) is 8.94. The van der Waals surface area contributed by atoms with Crippen molar-refractivity contribution < 1.29 is 23.6 Å². The molecule has 1 saturated carbocycles. The number of aromatic nitrogens is 1. The van der Waals surface area contributed by atoms with Crippen LogP contribution >= 0.6 is 0 Å². The molecule has 0 spiro atoms. The summed E-state index contributed by atoms with van der Waals surface area (Å²) in [6.07, 6.45) is 4.91. The van der Waals surface area contributed by atoms with Crippen molar-refractivity contribution in [2.45, 2.75) is 65.4 Å². The lowest BCUT2D eigenvalue weighted by molar-refractivity contribution is 0.0861. The number of rotatable bonds is 11. The third-order valence-corrected chi connectivity index (χ3v) is 11.6. The predicted octanol–water partition coefficient (Wildman–Crippen LogP) is 6.58. The third-order valence-electron chi connectivity index (χ3n) is 9.07. The van der Waals surface area contributed by atoms with Gasteiger partial charge in [-0.2, -0.15) is 0 Å². The van der Waals surface area contributed by atoms with Gasteiger partial charge in [0.15, 0.2) is 5.58 Å². The van der Waals surface area contributed by atoms with Crippen LogP contribution in [0.15, 0.2) is 77.3 Å². The highest BCUT2D eigenvalue weighted by Gasteiger charge is 2.35. The molecule has 1 aliphatic heterocycles. The Bertz CT molecular complexity index is 1500. The average molecular weight is 613 g/mol. The van der Waals surface area contributed by atoms with Crippen LogP contribution in [-0.2, 0) is 10.8 Å². The summed E-state index contributed by atoms with van der Waals surface area (Å²) in [5, 5.41) is 17.3. The molecule has 1 aromatic heterocycles. The van der Waals surface area contributed by atoms with E-state index >= 15 is 0 Å². The van der Waals surface area contributed by atoms with E-state index in [1.807, 2.05) is 6.07 Å². The Labute approximate surface area is 261 Å². The van der Waals surface area contributed by atoms with Crippen LogP contribution in [0.25, 0.3) is 11.0 Å². The van der Waals surface area contributed by atoms with Gasteiger partial charge in [-0.3, -0.25) is 0 Å². The van der Waals surface area contributed by atoms with Gasteiger partial charge in [0.1, 0.15) is 5.75 Å². The molecule has 1 atom stereocenters. The number of piperidine rings is 1. The molecule has 2 aliphatic rings. The zero-order valence-corrected chi connectivity index (χ0v) is 27.2. The Kier molecular flexibility index (Phi) is 9.10. The van der Waals surface area contributed by atoms with Crippen LogP contribution in [0.2, 0.25) is 0 Å². The van der Waals surface area contributed by atoms with Gasteiger partial charge in [0, 0.05) is 30.1 Å². The van der Waals surface area contributed by atoms with Crippen LogP contribution in [0.4, 0.5) is 4.79 Å². The second-order valence-corrected chi connectivity index (χ2v) is 16.0. The van der Waals surface area contributed by atoms with Gasteiger partial charge in [-0.1, -0.05) is 86.6 Å². The zero-order valence-electron chi connectivity index (χ0n) is 26.1. The van der Waals surface area contributed by atoms with E-state index in [9.17, 15) is 9.90 Å². The van der Waals surface area contributed by atoms with E-state index in [-0.39, 0.29) is 11.5 Å². The van der Waals surface area contributed by atoms with E-state index in [1.54, 1.807) is 0 Å². The molecule has 2 fully saturated rings. The molecule has 232 valence electrons. The summed E-state index contributed by atoms with van der Waals surface area (Å²) in [6.45, 7) is 8.63. The van der Waals surface area contributed by atoms with E-state index in [1.165, 1.54) is 28.1 Å². The predicted molar refractivity (Wildman–Crippen MR) is 175 cm³/mol. The molecule has 0 radical (unpaired) electrons. The molecular formula is C36H44N2O5Si. The van der Waals surface area contributed by atoms with Gasteiger partial charge >= 0.3 is 6.09 Å². The van der Waals surface area contributed by atoms with Gasteiger partial charge in [-0.05, 0) is 72.2 Å². The SMILES string of the molecule is CC(C)(C)C(O[SiH](c1ccccc1)c1ccccc1)c1cc2c(CCC3CCN(C(=O)O)CC3)noc2cc1OCC1CC1. The molecule has 6 rings (SSSR count). The van der Waals surface area contributed by atoms with Crippen LogP contribution in [0.5, 0.6) is 5.75 Å². The van der Waals surface area contributed by atoms with E-state index < -0.39 is 15.1 Å². The van der Waals surface area contributed by atoms with Crippen molar-refractivity contribution in [3.05, 3.63) is 84.1 Å². The lowest BCUT2D eigenvalue weighted by atomic mass is 9.84. The lowest BCUT2D eigenvalue weighted by Gasteiger charge is -2.35. The van der Waals surface area contributed by atoms with Crippen LogP contribution in [0.3, 0.4) is 0 Å². The molecule has 2 heterocycles. The molecule has 1 amide bonds. The fraction of sp³-hybridized carbons (Fsp3) is 0.444. The van der Waals surface area contributed by atoms with E-state index in [0.717, 1.165) is 53.7 Å². The molecule has 44 heavy (non-hydrogen) atoms. The molecule has 4 aromatic rings. The van der Waals surface area contributed by atoms with Gasteiger partial charge in [0.05, 0.1) is 18.4 Å². The Morgan fingerprint density at radius 2 is 1.61 bits per heavy atom. The Balaban J connectivity index is 1.33. The standard InChI is InChI=1S/C36H44N2O5Si/c1-36(2,3)34(43-44(27-10-6-4-7-11-27)28-12-8-5-9-13-28)30-22-29-31(17-16-25-18-20-38(21-19-25)35(39)40)37-42-33(29)23-32(30)41-24-26-14-15-26/h4-13,22-23,25-26,34,44H,14-21,24H2,1-3H3,(H,39,40). The topological polar surface area (TPSA) is 85.0 Å². The number of fused-ring (bicyclic) bond motifs is 1. The highest BCUT2D eigenvalue weighted by Crippen LogP contribution is 2.44. The third kappa shape index (κ3) is 7.19. The molecule has 1 N–H and O–H groups in total. The highest BCUT2D eigenvalue weighted by molar-refractivity contribution is 6.80. The van der Waals surface area contributed by atoms with Crippen LogP contribution < -0.4 is 15.1 Å². The van der Waals surface area contributed by atoms with Crippen molar-refractivity contribution in [3.8, 4) is 5.75 Å². The first-order valence-corrected chi connectivity index (χ1v) is 17.7. The van der Waals surface area contributed by atoms with Crippen molar-refractivity contribution in [3.63, 3.8) is 0 Å². The van der Waals surface area contributed by atoms with Crippen molar-refractivity contribution in [2.24, 2.45) is 17.3 Å². The van der Waals surface area contributed by atoms with Gasteiger partial charge in [-0.15, -0.1) is 0 Å². The van der Waals surface area contributed by atoms with Crippen molar-refractivity contribution in [1.29, 1.82) is 0 Å².